The van der Waals surface area contributed by atoms with Crippen molar-refractivity contribution in [1.29, 1.82) is 0 Å². The average molecular weight is 362 g/mol. The van der Waals surface area contributed by atoms with Crippen molar-refractivity contribution < 1.29 is 4.79 Å². The minimum atomic E-state index is -0.164. The summed E-state index contributed by atoms with van der Waals surface area (Å²) in [7, 11) is 0. The number of pyridine rings is 1. The van der Waals surface area contributed by atoms with Crippen LogP contribution in [-0.2, 0) is 0 Å². The number of hydrogen-bond donors (Lipinski definition) is 2. The molecule has 5 heteroatoms. The summed E-state index contributed by atoms with van der Waals surface area (Å²) in [5, 5.41) is 6.16. The van der Waals surface area contributed by atoms with Gasteiger partial charge in [-0.3, -0.25) is 9.78 Å². The molecule has 0 fully saturated rings. The van der Waals surface area contributed by atoms with Gasteiger partial charge in [0.15, 0.2) is 0 Å². The fourth-order valence-electron chi connectivity index (χ4n) is 2.04. The summed E-state index contributed by atoms with van der Waals surface area (Å²) in [6.45, 7) is 3.07. The summed E-state index contributed by atoms with van der Waals surface area (Å²) in [5.74, 6) is -0.164. The first-order chi connectivity index (χ1) is 10.7. The van der Waals surface area contributed by atoms with Crippen molar-refractivity contribution in [3.8, 4) is 0 Å². The van der Waals surface area contributed by atoms with Crippen molar-refractivity contribution in [2.24, 2.45) is 0 Å². The van der Waals surface area contributed by atoms with Crippen LogP contribution in [0.15, 0.2) is 47.2 Å². The van der Waals surface area contributed by atoms with Crippen LogP contribution in [0.4, 0.5) is 11.4 Å². The minimum Gasteiger partial charge on any atom is -0.384 e. The van der Waals surface area contributed by atoms with Crippen LogP contribution in [0.3, 0.4) is 0 Å². The fourth-order valence-corrected chi connectivity index (χ4v) is 2.44. The summed E-state index contributed by atoms with van der Waals surface area (Å²) in [4.78, 5) is 16.4. The molecule has 0 atom stereocenters. The summed E-state index contributed by atoms with van der Waals surface area (Å²) in [6, 6.07) is 9.33. The van der Waals surface area contributed by atoms with E-state index in [1.807, 2.05) is 30.3 Å². The molecule has 0 radical (unpaired) electrons. The lowest BCUT2D eigenvalue weighted by atomic mass is 10.2. The fraction of sp³-hybridized carbons (Fsp3) is 0.294. The molecule has 0 spiro atoms. The van der Waals surface area contributed by atoms with Crippen LogP contribution in [0.2, 0.25) is 0 Å². The second kappa shape index (κ2) is 8.54. The van der Waals surface area contributed by atoms with Crippen LogP contribution in [0, 0.1) is 0 Å². The molecule has 0 aliphatic carbocycles. The Labute approximate surface area is 139 Å². The van der Waals surface area contributed by atoms with E-state index in [4.69, 9.17) is 0 Å². The summed E-state index contributed by atoms with van der Waals surface area (Å²) >= 11 is 3.39. The van der Waals surface area contributed by atoms with E-state index in [1.54, 1.807) is 12.4 Å². The molecule has 0 aliphatic heterocycles. The monoisotopic (exact) mass is 361 g/mol. The number of hydrogen-bond acceptors (Lipinski definition) is 3. The number of aromatic nitrogens is 1. The smallest absolute Gasteiger partial charge is 0.257 e. The van der Waals surface area contributed by atoms with Crippen molar-refractivity contribution >= 4 is 33.2 Å². The summed E-state index contributed by atoms with van der Waals surface area (Å²) in [6.07, 6.45) is 6.82. The lowest BCUT2D eigenvalue weighted by Gasteiger charge is -2.08. The Morgan fingerprint density at radius 1 is 1.18 bits per heavy atom. The molecule has 2 N–H and O–H groups in total. The molecule has 1 amide bonds. The first kappa shape index (κ1) is 16.5. The molecule has 22 heavy (non-hydrogen) atoms. The topological polar surface area (TPSA) is 54.0 Å². The largest absolute Gasteiger partial charge is 0.384 e. The molecule has 1 aromatic heterocycles. The Morgan fingerprint density at radius 2 is 2.05 bits per heavy atom. The highest BCUT2D eigenvalue weighted by molar-refractivity contribution is 9.10. The third-order valence-electron chi connectivity index (χ3n) is 3.19. The second-order valence-corrected chi connectivity index (χ2v) is 5.98. The number of carbonyl (C=O) groups is 1. The molecule has 0 bridgehead atoms. The van der Waals surface area contributed by atoms with Crippen molar-refractivity contribution in [3.05, 3.63) is 52.8 Å². The Hall–Kier alpha value is -1.88. The highest BCUT2D eigenvalue weighted by atomic mass is 79.9. The lowest BCUT2D eigenvalue weighted by molar-refractivity contribution is 0.102. The maximum absolute atomic E-state index is 12.3. The van der Waals surface area contributed by atoms with Crippen LogP contribution < -0.4 is 10.6 Å². The highest BCUT2D eigenvalue weighted by Crippen LogP contribution is 2.17. The molecular formula is C17H20BrN3O. The van der Waals surface area contributed by atoms with Crippen LogP contribution >= 0.6 is 15.9 Å². The van der Waals surface area contributed by atoms with Gasteiger partial charge in [0.05, 0.1) is 11.3 Å². The van der Waals surface area contributed by atoms with Crippen LogP contribution in [0.5, 0.6) is 0 Å². The quantitative estimate of drug-likeness (QED) is 0.702. The average Bonchev–Trinajstić information content (AvgIpc) is 2.52. The Kier molecular flexibility index (Phi) is 6.40. The Bertz CT molecular complexity index is 631. The predicted molar refractivity (Wildman–Crippen MR) is 94.3 cm³/mol. The maximum Gasteiger partial charge on any atom is 0.257 e. The molecule has 0 saturated heterocycles. The highest BCUT2D eigenvalue weighted by Gasteiger charge is 2.07. The van der Waals surface area contributed by atoms with Crippen molar-refractivity contribution in [2.45, 2.75) is 26.2 Å². The van der Waals surface area contributed by atoms with Gasteiger partial charge in [-0.1, -0.05) is 41.8 Å². The van der Waals surface area contributed by atoms with Crippen LogP contribution in [0.1, 0.15) is 36.5 Å². The SMILES string of the molecule is CCCCCNc1cncc(C(=O)Nc2cccc(Br)c2)c1. The van der Waals surface area contributed by atoms with Gasteiger partial charge in [-0.25, -0.2) is 0 Å². The standard InChI is InChI=1S/C17H20BrN3O/c1-2-3-4-8-20-16-9-13(11-19-12-16)17(22)21-15-7-5-6-14(18)10-15/h5-7,9-12,20H,2-4,8H2,1H3,(H,21,22). The van der Waals surface area contributed by atoms with Gasteiger partial charge in [-0.2, -0.15) is 0 Å². The maximum atomic E-state index is 12.3. The molecule has 0 saturated carbocycles. The number of carbonyl (C=O) groups excluding carboxylic acids is 1. The zero-order chi connectivity index (χ0) is 15.8. The van der Waals surface area contributed by atoms with Gasteiger partial charge < -0.3 is 10.6 Å². The first-order valence-corrected chi connectivity index (χ1v) is 8.24. The zero-order valence-corrected chi connectivity index (χ0v) is 14.2. The van der Waals surface area contributed by atoms with Gasteiger partial charge in [0.1, 0.15) is 0 Å². The number of unbranched alkanes of at least 4 members (excludes halogenated alkanes) is 2. The van der Waals surface area contributed by atoms with E-state index in [9.17, 15) is 4.79 Å². The molecule has 2 aromatic rings. The van der Waals surface area contributed by atoms with Crippen molar-refractivity contribution in [2.75, 3.05) is 17.2 Å². The number of nitrogens with one attached hydrogen (secondary N) is 2. The van der Waals surface area contributed by atoms with Crippen molar-refractivity contribution in [3.63, 3.8) is 0 Å². The van der Waals surface area contributed by atoms with E-state index in [1.165, 1.54) is 12.8 Å². The first-order valence-electron chi connectivity index (χ1n) is 7.45. The van der Waals surface area contributed by atoms with Crippen molar-refractivity contribution in [1.82, 2.24) is 4.98 Å². The molecule has 4 nitrogen and oxygen atoms in total. The third kappa shape index (κ3) is 5.15. The second-order valence-electron chi connectivity index (χ2n) is 5.06. The van der Waals surface area contributed by atoms with E-state index < -0.39 is 0 Å². The van der Waals surface area contributed by atoms with Crippen LogP contribution in [-0.4, -0.2) is 17.4 Å². The molecule has 1 heterocycles. The van der Waals surface area contributed by atoms with Gasteiger partial charge in [0.25, 0.3) is 5.91 Å². The number of nitrogens with zero attached hydrogens (tertiary/aromatic N) is 1. The lowest BCUT2D eigenvalue weighted by Crippen LogP contribution is -2.13. The zero-order valence-electron chi connectivity index (χ0n) is 12.6. The van der Waals surface area contributed by atoms with Gasteiger partial charge in [-0.05, 0) is 30.7 Å². The molecule has 1 aromatic carbocycles. The normalized spacial score (nSPS) is 10.3. The van der Waals surface area contributed by atoms with E-state index >= 15 is 0 Å². The van der Waals surface area contributed by atoms with E-state index in [2.05, 4.69) is 38.5 Å². The molecule has 116 valence electrons. The van der Waals surface area contributed by atoms with E-state index in [0.29, 0.717) is 5.56 Å². The molecule has 0 unspecified atom stereocenters. The van der Waals surface area contributed by atoms with Gasteiger partial charge in [0, 0.05) is 29.1 Å². The Balaban J connectivity index is 1.97. The number of halogens is 1. The minimum absolute atomic E-state index is 0.164. The number of rotatable bonds is 7. The Morgan fingerprint density at radius 3 is 2.82 bits per heavy atom. The number of benzene rings is 1. The third-order valence-corrected chi connectivity index (χ3v) is 3.69. The van der Waals surface area contributed by atoms with Gasteiger partial charge in [0.2, 0.25) is 0 Å². The molecule has 2 rings (SSSR count). The predicted octanol–water partition coefficient (Wildman–Crippen LogP) is 4.70. The molecule has 0 aliphatic rings. The number of anilines is 2. The summed E-state index contributed by atoms with van der Waals surface area (Å²) in [5.41, 5.74) is 2.17. The van der Waals surface area contributed by atoms with E-state index in [0.717, 1.165) is 28.8 Å². The van der Waals surface area contributed by atoms with Gasteiger partial charge >= 0.3 is 0 Å². The number of amides is 1. The summed E-state index contributed by atoms with van der Waals surface area (Å²) < 4.78 is 0.926. The molecular weight excluding hydrogens is 342 g/mol. The van der Waals surface area contributed by atoms with E-state index in [-0.39, 0.29) is 5.91 Å². The van der Waals surface area contributed by atoms with Crippen LogP contribution in [0.25, 0.3) is 0 Å². The van der Waals surface area contributed by atoms with Gasteiger partial charge in [-0.15, -0.1) is 0 Å².